The number of rotatable bonds is 5. The van der Waals surface area contributed by atoms with E-state index in [0.29, 0.717) is 6.42 Å². The third kappa shape index (κ3) is 4.16. The highest BCUT2D eigenvalue weighted by molar-refractivity contribution is 7.93. The topological polar surface area (TPSA) is 86.7 Å². The average Bonchev–Trinajstić information content (AvgIpc) is 2.96. The second-order valence-corrected chi connectivity index (χ2v) is 8.70. The maximum absolute atomic E-state index is 12.8. The van der Waals surface area contributed by atoms with E-state index in [1.165, 1.54) is 0 Å². The Bertz CT molecular complexity index is 658. The predicted octanol–water partition coefficient (Wildman–Crippen LogP) is 2.66. The Morgan fingerprint density at radius 3 is 1.78 bits per heavy atom. The molecule has 0 radical (unpaired) electrons. The predicted molar refractivity (Wildman–Crippen MR) is 75.8 cm³/mol. The zero-order chi connectivity index (χ0) is 20.7. The SMILES string of the molecule is O=C1OC(C(F)(F)F)(C(F)(F)F)OC(=O)C1S(=O)(=O)CCCC1CCCC1. The van der Waals surface area contributed by atoms with Gasteiger partial charge in [-0.05, 0) is 18.8 Å². The van der Waals surface area contributed by atoms with Crippen LogP contribution in [0.25, 0.3) is 0 Å². The molecule has 2 fully saturated rings. The van der Waals surface area contributed by atoms with Gasteiger partial charge in [0, 0.05) is 0 Å². The maximum atomic E-state index is 12.8. The Labute approximate surface area is 150 Å². The van der Waals surface area contributed by atoms with Crippen LogP contribution < -0.4 is 0 Å². The number of ether oxygens (including phenoxy) is 2. The summed E-state index contributed by atoms with van der Waals surface area (Å²) in [6.07, 6.45) is -8.49. The molecular formula is C14H16F6O6S. The summed E-state index contributed by atoms with van der Waals surface area (Å²) in [7, 11) is -4.70. The summed E-state index contributed by atoms with van der Waals surface area (Å²) in [6.45, 7) is 0. The molecule has 1 saturated heterocycles. The lowest BCUT2D eigenvalue weighted by molar-refractivity contribution is -0.448. The van der Waals surface area contributed by atoms with Crippen molar-refractivity contribution in [2.75, 3.05) is 5.75 Å². The first-order valence-electron chi connectivity index (χ1n) is 8.02. The monoisotopic (exact) mass is 426 g/mol. The van der Waals surface area contributed by atoms with E-state index < -0.39 is 50.9 Å². The van der Waals surface area contributed by atoms with Crippen LogP contribution in [0.1, 0.15) is 38.5 Å². The molecule has 1 saturated carbocycles. The van der Waals surface area contributed by atoms with Crippen LogP contribution >= 0.6 is 0 Å². The van der Waals surface area contributed by atoms with Crippen LogP contribution in [0, 0.1) is 5.92 Å². The molecule has 27 heavy (non-hydrogen) atoms. The number of esters is 2. The first-order chi connectivity index (χ1) is 12.2. The van der Waals surface area contributed by atoms with Crippen molar-refractivity contribution >= 4 is 21.8 Å². The van der Waals surface area contributed by atoms with E-state index in [0.717, 1.165) is 25.7 Å². The van der Waals surface area contributed by atoms with Crippen LogP contribution in [-0.4, -0.2) is 49.5 Å². The molecule has 1 aliphatic carbocycles. The van der Waals surface area contributed by atoms with Gasteiger partial charge >= 0.3 is 30.1 Å². The molecule has 2 aliphatic rings. The number of cyclic esters (lactones) is 2. The van der Waals surface area contributed by atoms with Crippen LogP contribution in [0.3, 0.4) is 0 Å². The van der Waals surface area contributed by atoms with Gasteiger partial charge in [-0.1, -0.05) is 25.7 Å². The number of carbonyl (C=O) groups excluding carboxylic acids is 2. The average molecular weight is 426 g/mol. The Kier molecular flexibility index (Phi) is 5.75. The minimum Gasteiger partial charge on any atom is -0.405 e. The lowest BCUT2D eigenvalue weighted by Crippen LogP contribution is -2.68. The minimum absolute atomic E-state index is 0.00768. The van der Waals surface area contributed by atoms with Crippen molar-refractivity contribution in [3.05, 3.63) is 0 Å². The van der Waals surface area contributed by atoms with E-state index in [4.69, 9.17) is 0 Å². The molecule has 0 bridgehead atoms. The number of alkyl halides is 6. The van der Waals surface area contributed by atoms with E-state index in [9.17, 15) is 44.3 Å². The van der Waals surface area contributed by atoms with Crippen molar-refractivity contribution in [3.8, 4) is 0 Å². The van der Waals surface area contributed by atoms with Crippen molar-refractivity contribution in [2.24, 2.45) is 5.92 Å². The van der Waals surface area contributed by atoms with Gasteiger partial charge in [0.05, 0.1) is 5.75 Å². The first-order valence-corrected chi connectivity index (χ1v) is 9.73. The smallest absolute Gasteiger partial charge is 0.405 e. The maximum Gasteiger partial charge on any atom is 0.478 e. The van der Waals surface area contributed by atoms with E-state index in [1.807, 2.05) is 0 Å². The second-order valence-electron chi connectivity index (χ2n) is 6.49. The summed E-state index contributed by atoms with van der Waals surface area (Å²) >= 11 is 0. The van der Waals surface area contributed by atoms with Crippen LogP contribution in [0.2, 0.25) is 0 Å². The van der Waals surface area contributed by atoms with Gasteiger partial charge in [-0.3, -0.25) is 0 Å². The van der Waals surface area contributed by atoms with Crippen LogP contribution in [-0.2, 0) is 28.9 Å². The van der Waals surface area contributed by atoms with Crippen LogP contribution in [0.4, 0.5) is 26.3 Å². The highest BCUT2D eigenvalue weighted by atomic mass is 32.2. The molecule has 0 unspecified atom stereocenters. The molecule has 0 aromatic rings. The lowest BCUT2D eigenvalue weighted by atomic mass is 10.0. The zero-order valence-electron chi connectivity index (χ0n) is 13.7. The third-order valence-corrected chi connectivity index (χ3v) is 6.50. The molecule has 13 heteroatoms. The molecule has 0 N–H and O–H groups in total. The standard InChI is InChI=1S/C14H16F6O6S/c15-13(16,17)12(14(18,19)20)25-10(21)9(11(22)26-12)27(23,24)7-3-6-8-4-1-2-5-8/h8-9H,1-7H2. The van der Waals surface area contributed by atoms with Crippen LogP contribution in [0.5, 0.6) is 0 Å². The molecule has 0 aromatic heterocycles. The first kappa shape index (κ1) is 21.8. The summed E-state index contributed by atoms with van der Waals surface area (Å²) in [5.74, 6) is -10.9. The van der Waals surface area contributed by atoms with Gasteiger partial charge in [0.2, 0.25) is 0 Å². The van der Waals surface area contributed by atoms with Gasteiger partial charge in [0.25, 0.3) is 5.25 Å². The summed E-state index contributed by atoms with van der Waals surface area (Å²) in [4.78, 5) is 23.4. The fourth-order valence-electron chi connectivity index (χ4n) is 3.18. The molecule has 2 rings (SSSR count). The molecular weight excluding hydrogens is 410 g/mol. The number of carbonyl (C=O) groups is 2. The van der Waals surface area contributed by atoms with Crippen molar-refractivity contribution in [1.82, 2.24) is 0 Å². The fourth-order valence-corrected chi connectivity index (χ4v) is 4.67. The summed E-state index contributed by atoms with van der Waals surface area (Å²) < 4.78 is 108. The number of halogens is 6. The Morgan fingerprint density at radius 2 is 1.37 bits per heavy atom. The number of hydrogen-bond acceptors (Lipinski definition) is 6. The van der Waals surface area contributed by atoms with Crippen molar-refractivity contribution in [2.45, 2.75) is 61.9 Å². The molecule has 6 nitrogen and oxygen atoms in total. The van der Waals surface area contributed by atoms with E-state index in [-0.39, 0.29) is 12.3 Å². The molecule has 1 heterocycles. The quantitative estimate of drug-likeness (QED) is 0.382. The second kappa shape index (κ2) is 7.13. The minimum atomic E-state index is -6.34. The lowest BCUT2D eigenvalue weighted by Gasteiger charge is -2.39. The Morgan fingerprint density at radius 1 is 0.926 bits per heavy atom. The molecule has 156 valence electrons. The van der Waals surface area contributed by atoms with Gasteiger partial charge < -0.3 is 9.47 Å². The summed E-state index contributed by atoms with van der Waals surface area (Å²) in [5.41, 5.74) is 0. The largest absolute Gasteiger partial charge is 0.478 e. The number of sulfone groups is 1. The number of hydrogen-bond donors (Lipinski definition) is 0. The third-order valence-electron chi connectivity index (χ3n) is 4.54. The molecule has 1 aliphatic heterocycles. The van der Waals surface area contributed by atoms with E-state index in [1.54, 1.807) is 0 Å². The van der Waals surface area contributed by atoms with E-state index in [2.05, 4.69) is 9.47 Å². The molecule has 0 atom stereocenters. The van der Waals surface area contributed by atoms with Crippen molar-refractivity contribution < 1.29 is 53.8 Å². The van der Waals surface area contributed by atoms with Crippen LogP contribution in [0.15, 0.2) is 0 Å². The van der Waals surface area contributed by atoms with Gasteiger partial charge in [0.1, 0.15) is 0 Å². The van der Waals surface area contributed by atoms with Gasteiger partial charge in [-0.15, -0.1) is 0 Å². The molecule has 0 aromatic carbocycles. The highest BCUT2D eigenvalue weighted by Gasteiger charge is 2.81. The summed E-state index contributed by atoms with van der Waals surface area (Å²) in [6, 6.07) is 0. The van der Waals surface area contributed by atoms with Crippen molar-refractivity contribution in [1.29, 1.82) is 0 Å². The van der Waals surface area contributed by atoms with Gasteiger partial charge in [0.15, 0.2) is 9.84 Å². The normalized spacial score (nSPS) is 22.6. The Hall–Kier alpha value is -1.53. The summed E-state index contributed by atoms with van der Waals surface area (Å²) in [5, 5.41) is -2.88. The molecule has 0 amide bonds. The van der Waals surface area contributed by atoms with E-state index >= 15 is 0 Å². The molecule has 0 spiro atoms. The van der Waals surface area contributed by atoms with Crippen molar-refractivity contribution in [3.63, 3.8) is 0 Å². The van der Waals surface area contributed by atoms with Gasteiger partial charge in [-0.25, -0.2) is 18.0 Å². The van der Waals surface area contributed by atoms with Gasteiger partial charge in [-0.2, -0.15) is 26.3 Å². The zero-order valence-corrected chi connectivity index (χ0v) is 14.5. The fraction of sp³-hybridized carbons (Fsp3) is 0.857. The Balaban J connectivity index is 2.16. The highest BCUT2D eigenvalue weighted by Crippen LogP contribution is 2.49.